The average Bonchev–Trinajstić information content (AvgIpc) is 3.35. The molecule has 0 bridgehead atoms. The maximum atomic E-state index is 14.2. The monoisotopic (exact) mass is 513 g/mol. The summed E-state index contributed by atoms with van der Waals surface area (Å²) in [7, 11) is 6.51. The van der Waals surface area contributed by atoms with Crippen molar-refractivity contribution in [2.45, 2.75) is 6.54 Å². The highest BCUT2D eigenvalue weighted by atomic mass is 35.5. The number of nitrogens with zero attached hydrogens (tertiary/aromatic N) is 7. The average molecular weight is 514 g/mol. The van der Waals surface area contributed by atoms with Crippen molar-refractivity contribution in [1.29, 1.82) is 0 Å². The van der Waals surface area contributed by atoms with Crippen LogP contribution in [0.3, 0.4) is 0 Å². The van der Waals surface area contributed by atoms with Crippen molar-refractivity contribution in [3.8, 4) is 0 Å². The summed E-state index contributed by atoms with van der Waals surface area (Å²) in [4.78, 5) is 49.7. The van der Waals surface area contributed by atoms with E-state index in [4.69, 9.17) is 0 Å². The van der Waals surface area contributed by atoms with Crippen molar-refractivity contribution in [3.05, 3.63) is 50.9 Å². The minimum Gasteiger partial charge on any atom is -0.315 e. The first-order chi connectivity index (χ1) is 15.6. The summed E-state index contributed by atoms with van der Waals surface area (Å²) in [6.45, 7) is 0.461. The summed E-state index contributed by atoms with van der Waals surface area (Å²) in [6, 6.07) is 1.91. The van der Waals surface area contributed by atoms with Gasteiger partial charge in [0.1, 0.15) is 17.9 Å². The summed E-state index contributed by atoms with van der Waals surface area (Å²) < 4.78 is 31.6. The second kappa shape index (κ2) is 9.60. The van der Waals surface area contributed by atoms with Gasteiger partial charge in [-0.25, -0.2) is 23.5 Å². The van der Waals surface area contributed by atoms with E-state index in [9.17, 15) is 23.2 Å². The van der Waals surface area contributed by atoms with Gasteiger partial charge in [0.25, 0.3) is 5.56 Å². The number of benzene rings is 1. The third-order valence-electron chi connectivity index (χ3n) is 5.23. The van der Waals surface area contributed by atoms with E-state index in [-0.39, 0.29) is 52.0 Å². The molecule has 0 fully saturated rings. The third-order valence-corrected chi connectivity index (χ3v) is 6.25. The first-order valence-corrected chi connectivity index (χ1v) is 10.7. The number of amides is 1. The molecular weight excluding hydrogens is 492 g/mol. The SMILES string of the molecule is CN(C)CCN(C(=O)Cn1cnc2c1c(=O)n(C)c(=O)n2C)c1nc2c(F)cc(F)cc2s1.Cl. The highest BCUT2D eigenvalue weighted by Crippen LogP contribution is 2.31. The minimum absolute atomic E-state index is 0. The zero-order valence-corrected chi connectivity index (χ0v) is 20.4. The van der Waals surface area contributed by atoms with Crippen molar-refractivity contribution in [1.82, 2.24) is 28.6 Å². The predicted octanol–water partition coefficient (Wildman–Crippen LogP) is 1.34. The van der Waals surface area contributed by atoms with Crippen molar-refractivity contribution in [2.24, 2.45) is 14.1 Å². The summed E-state index contributed by atoms with van der Waals surface area (Å²) in [6.07, 6.45) is 1.32. The predicted molar refractivity (Wildman–Crippen MR) is 128 cm³/mol. The van der Waals surface area contributed by atoms with Crippen molar-refractivity contribution >= 4 is 56.2 Å². The Bertz CT molecular complexity index is 1510. The highest BCUT2D eigenvalue weighted by molar-refractivity contribution is 7.22. The van der Waals surface area contributed by atoms with Gasteiger partial charge in [-0.05, 0) is 20.2 Å². The maximum absolute atomic E-state index is 14.2. The van der Waals surface area contributed by atoms with Gasteiger partial charge in [-0.1, -0.05) is 11.3 Å². The summed E-state index contributed by atoms with van der Waals surface area (Å²) in [5.41, 5.74) is -0.849. The molecule has 182 valence electrons. The summed E-state index contributed by atoms with van der Waals surface area (Å²) >= 11 is 0.999. The lowest BCUT2D eigenvalue weighted by molar-refractivity contribution is -0.119. The number of rotatable bonds is 6. The molecule has 0 spiro atoms. The number of likely N-dealkylation sites (N-methyl/N-ethyl adjacent to an activating group) is 1. The molecule has 14 heteroatoms. The molecule has 0 aliphatic carbocycles. The Labute approximate surface area is 202 Å². The topological polar surface area (TPSA) is 98.3 Å². The highest BCUT2D eigenvalue weighted by Gasteiger charge is 2.23. The molecule has 0 aliphatic heterocycles. The van der Waals surface area contributed by atoms with Crippen LogP contribution in [-0.2, 0) is 25.4 Å². The number of halogens is 3. The lowest BCUT2D eigenvalue weighted by atomic mass is 10.3. The Morgan fingerprint density at radius 2 is 1.82 bits per heavy atom. The zero-order chi connectivity index (χ0) is 24.0. The van der Waals surface area contributed by atoms with Crippen LogP contribution in [0.1, 0.15) is 0 Å². The van der Waals surface area contributed by atoms with Crippen LogP contribution in [0.2, 0.25) is 0 Å². The van der Waals surface area contributed by atoms with Gasteiger partial charge in [0.05, 0.1) is 11.0 Å². The second-order valence-corrected chi connectivity index (χ2v) is 8.84. The molecule has 1 aromatic carbocycles. The smallest absolute Gasteiger partial charge is 0.315 e. The van der Waals surface area contributed by atoms with Gasteiger partial charge in [0, 0.05) is 33.3 Å². The molecule has 0 radical (unpaired) electrons. The van der Waals surface area contributed by atoms with E-state index < -0.39 is 28.8 Å². The Morgan fingerprint density at radius 3 is 2.50 bits per heavy atom. The fourth-order valence-corrected chi connectivity index (χ4v) is 4.48. The lowest BCUT2D eigenvalue weighted by Gasteiger charge is -2.22. The molecule has 4 aromatic rings. The maximum Gasteiger partial charge on any atom is 0.332 e. The fourth-order valence-electron chi connectivity index (χ4n) is 3.44. The molecule has 0 saturated heterocycles. The van der Waals surface area contributed by atoms with E-state index in [1.54, 1.807) is 0 Å². The van der Waals surface area contributed by atoms with E-state index in [0.717, 1.165) is 22.0 Å². The first kappa shape index (κ1) is 25.5. The number of carbonyl (C=O) groups is 1. The van der Waals surface area contributed by atoms with Crippen molar-refractivity contribution in [2.75, 3.05) is 32.1 Å². The van der Waals surface area contributed by atoms with E-state index >= 15 is 0 Å². The minimum atomic E-state index is -0.808. The van der Waals surface area contributed by atoms with Gasteiger partial charge >= 0.3 is 5.69 Å². The van der Waals surface area contributed by atoms with Crippen LogP contribution in [-0.4, -0.2) is 61.7 Å². The number of anilines is 1. The zero-order valence-electron chi connectivity index (χ0n) is 18.8. The molecule has 1 amide bonds. The molecule has 3 aromatic heterocycles. The summed E-state index contributed by atoms with van der Waals surface area (Å²) in [5, 5.41) is 0.214. The van der Waals surface area contributed by atoms with Crippen LogP contribution >= 0.6 is 23.7 Å². The Hall–Kier alpha value is -3.16. The van der Waals surface area contributed by atoms with Crippen LogP contribution < -0.4 is 16.1 Å². The normalized spacial score (nSPS) is 11.4. The lowest BCUT2D eigenvalue weighted by Crippen LogP contribution is -2.40. The van der Waals surface area contributed by atoms with Crippen LogP contribution in [0.5, 0.6) is 0 Å². The van der Waals surface area contributed by atoms with E-state index in [0.29, 0.717) is 6.54 Å². The molecule has 34 heavy (non-hydrogen) atoms. The van der Waals surface area contributed by atoms with E-state index in [1.807, 2.05) is 19.0 Å². The Balaban J connectivity index is 0.00000324. The van der Waals surface area contributed by atoms with E-state index in [2.05, 4.69) is 9.97 Å². The van der Waals surface area contributed by atoms with Gasteiger partial charge in [-0.2, -0.15) is 0 Å². The van der Waals surface area contributed by atoms with Crippen molar-refractivity contribution in [3.63, 3.8) is 0 Å². The standard InChI is InChI=1S/C20H21F2N7O3S.ClH/c1-25(2)5-6-29(19-24-15-12(22)7-11(21)8-13(15)33-19)14(30)9-28-10-23-17-16(28)18(31)27(4)20(32)26(17)3;/h7-8,10H,5-6,9H2,1-4H3;1H. The van der Waals surface area contributed by atoms with Crippen LogP contribution in [0, 0.1) is 11.6 Å². The second-order valence-electron chi connectivity index (χ2n) is 7.83. The van der Waals surface area contributed by atoms with Crippen LogP contribution in [0.25, 0.3) is 21.4 Å². The van der Waals surface area contributed by atoms with Crippen LogP contribution in [0.15, 0.2) is 28.0 Å². The number of thiazole rings is 1. The quantitative estimate of drug-likeness (QED) is 0.386. The molecule has 0 aliphatic rings. The van der Waals surface area contributed by atoms with Gasteiger partial charge < -0.3 is 9.47 Å². The fraction of sp³-hybridized carbons (Fsp3) is 0.350. The van der Waals surface area contributed by atoms with Crippen LogP contribution in [0.4, 0.5) is 13.9 Å². The molecule has 0 N–H and O–H groups in total. The van der Waals surface area contributed by atoms with E-state index in [1.165, 1.54) is 40.5 Å². The number of imidazole rings is 1. The Morgan fingerprint density at radius 1 is 1.12 bits per heavy atom. The molecule has 10 nitrogen and oxygen atoms in total. The molecule has 3 heterocycles. The number of hydrogen-bond donors (Lipinski definition) is 0. The summed E-state index contributed by atoms with van der Waals surface area (Å²) in [5.74, 6) is -1.96. The number of fused-ring (bicyclic) bond motifs is 2. The number of aromatic nitrogens is 5. The number of carbonyl (C=O) groups excluding carboxylic acids is 1. The number of hydrogen-bond acceptors (Lipinski definition) is 7. The first-order valence-electron chi connectivity index (χ1n) is 9.90. The molecular formula is C20H22ClF2N7O3S. The van der Waals surface area contributed by atoms with Gasteiger partial charge in [-0.3, -0.25) is 23.6 Å². The molecule has 0 unspecified atom stereocenters. The van der Waals surface area contributed by atoms with Gasteiger partial charge in [-0.15, -0.1) is 12.4 Å². The van der Waals surface area contributed by atoms with Crippen molar-refractivity contribution < 1.29 is 13.6 Å². The largest absolute Gasteiger partial charge is 0.332 e. The molecule has 4 rings (SSSR count). The number of aryl methyl sites for hydroxylation is 1. The molecule has 0 atom stereocenters. The Kier molecular flexibility index (Phi) is 7.19. The third kappa shape index (κ3) is 4.45. The van der Waals surface area contributed by atoms with Gasteiger partial charge in [0.15, 0.2) is 22.1 Å². The van der Waals surface area contributed by atoms with Gasteiger partial charge in [0.2, 0.25) is 5.91 Å². The molecule has 0 saturated carbocycles.